The normalized spacial score (nSPS) is 10.3. The maximum atomic E-state index is 6.39. The Morgan fingerprint density at radius 2 is 0.925 bits per heavy atom. The molecule has 0 radical (unpaired) electrons. The quantitative estimate of drug-likeness (QED) is 0.0941. The second kappa shape index (κ2) is 16.6. The van der Waals surface area contributed by atoms with Crippen LogP contribution in [0.5, 0.6) is 0 Å². The fourth-order valence-electron chi connectivity index (χ4n) is 4.29. The summed E-state index contributed by atoms with van der Waals surface area (Å²) < 4.78 is 0. The first kappa shape index (κ1) is 32.7. The van der Waals surface area contributed by atoms with E-state index >= 15 is 0 Å². The van der Waals surface area contributed by atoms with E-state index in [4.69, 9.17) is 23.2 Å². The number of hydrogen-bond acceptors (Lipinski definition) is 0. The molecule has 0 aliphatic heterocycles. The molecule has 0 atom stereocenters. The molecule has 6 heteroatoms. The van der Waals surface area contributed by atoms with Crippen molar-refractivity contribution in [2.24, 2.45) is 0 Å². The van der Waals surface area contributed by atoms with E-state index in [2.05, 4.69) is 133 Å². The third-order valence-electron chi connectivity index (χ3n) is 6.02. The fraction of sp³-hybridized carbons (Fsp3) is 0. The molecule has 0 aliphatic carbocycles. The summed E-state index contributed by atoms with van der Waals surface area (Å²) in [4.78, 5) is 0. The second-order valence-corrected chi connectivity index (χ2v) is 13.7. The summed E-state index contributed by atoms with van der Waals surface area (Å²) in [5.74, 6) is 0. The Hall–Kier alpha value is -1.80. The van der Waals surface area contributed by atoms with Gasteiger partial charge in [-0.05, 0) is 10.6 Å². The van der Waals surface area contributed by atoms with Gasteiger partial charge in [-0.3, -0.25) is 0 Å². The SMILES string of the molecule is Clc1c(P(c2ccccc2)c2ccccc2)cc[c-]1Cl.[Fe].[Pd].c1ccc(P(c2ccccc2)[c-]2[cH-][cH-][cH-][cH-]2)cc1. The van der Waals surface area contributed by atoms with Crippen molar-refractivity contribution >= 4 is 70.9 Å². The summed E-state index contributed by atoms with van der Waals surface area (Å²) in [7, 11) is -1.07. The van der Waals surface area contributed by atoms with Crippen molar-refractivity contribution in [2.45, 2.75) is 0 Å². The van der Waals surface area contributed by atoms with Crippen LogP contribution in [-0.2, 0) is 37.5 Å². The molecule has 0 saturated carbocycles. The van der Waals surface area contributed by atoms with Crippen LogP contribution in [0.3, 0.4) is 0 Å². The molecular weight excluding hydrogens is 703 g/mol. The van der Waals surface area contributed by atoms with Crippen molar-refractivity contribution in [3.8, 4) is 0 Å². The Kier molecular flexibility index (Phi) is 13.6. The molecule has 0 nitrogen and oxygen atoms in total. The molecule has 6 aromatic rings. The monoisotopic (exact) mass is 728 g/mol. The van der Waals surface area contributed by atoms with E-state index in [0.29, 0.717) is 10.0 Å². The summed E-state index contributed by atoms with van der Waals surface area (Å²) in [5, 5.41) is 9.20. The minimum Gasteiger partial charge on any atom is -0.747 e. The van der Waals surface area contributed by atoms with Crippen LogP contribution in [0.15, 0.2) is 158 Å². The molecule has 0 heterocycles. The second-order valence-electron chi connectivity index (χ2n) is 8.54. The van der Waals surface area contributed by atoms with Crippen LogP contribution in [0, 0.1) is 0 Å². The topological polar surface area (TPSA) is 0 Å². The van der Waals surface area contributed by atoms with Crippen molar-refractivity contribution in [1.29, 1.82) is 0 Å². The molecule has 0 aromatic heterocycles. The van der Waals surface area contributed by atoms with Crippen molar-refractivity contribution in [2.75, 3.05) is 0 Å². The van der Waals surface area contributed by atoms with E-state index < -0.39 is 15.8 Å². The molecule has 0 bridgehead atoms. The predicted molar refractivity (Wildman–Crippen MR) is 172 cm³/mol. The van der Waals surface area contributed by atoms with Gasteiger partial charge in [-0.25, -0.2) is 14.0 Å². The van der Waals surface area contributed by atoms with Crippen molar-refractivity contribution in [3.05, 3.63) is 168 Å². The standard InChI is InChI=1S/C17H12Cl2P.C17H14P.Fe.Pd/c18-15-11-12-16(17(15)19)20(13-7-3-1-4-8-13)14-9-5-2-6-10-14;1-3-9-15(10-4-1)18(17-13-7-8-14-17)16-11-5-2-6-12-16;;/h1-12H;1-14H;;/q-1;-5;;. The van der Waals surface area contributed by atoms with E-state index in [0.717, 1.165) is 5.30 Å². The minimum absolute atomic E-state index is 0. The summed E-state index contributed by atoms with van der Waals surface area (Å²) in [6, 6.07) is 55.1. The molecular formula is C34H26Cl2FeP2Pd-6. The molecule has 210 valence electrons. The van der Waals surface area contributed by atoms with Gasteiger partial charge in [0, 0.05) is 37.5 Å². The number of hydrogen-bond donors (Lipinski definition) is 0. The molecule has 0 N–H and O–H groups in total. The first-order valence-electron chi connectivity index (χ1n) is 12.4. The maximum Gasteiger partial charge on any atom is 0 e. The number of benzene rings is 4. The Labute approximate surface area is 274 Å². The van der Waals surface area contributed by atoms with E-state index in [9.17, 15) is 0 Å². The van der Waals surface area contributed by atoms with Gasteiger partial charge in [-0.2, -0.15) is 17.7 Å². The molecule has 0 saturated heterocycles. The first-order chi connectivity index (χ1) is 18.7. The van der Waals surface area contributed by atoms with Gasteiger partial charge in [-0.1, -0.05) is 150 Å². The molecule has 0 unspecified atom stereocenters. The van der Waals surface area contributed by atoms with Crippen LogP contribution in [-0.4, -0.2) is 0 Å². The van der Waals surface area contributed by atoms with Gasteiger partial charge in [0.05, 0.1) is 0 Å². The molecule has 6 rings (SSSR count). The Morgan fingerprint density at radius 3 is 1.27 bits per heavy atom. The summed E-state index contributed by atoms with van der Waals surface area (Å²) in [5.41, 5.74) is 0. The van der Waals surface area contributed by atoms with E-state index in [1.165, 1.54) is 26.5 Å². The summed E-state index contributed by atoms with van der Waals surface area (Å²) in [6.45, 7) is 0. The van der Waals surface area contributed by atoms with E-state index in [1.54, 1.807) is 0 Å². The third kappa shape index (κ3) is 8.15. The van der Waals surface area contributed by atoms with Gasteiger partial charge in [0.15, 0.2) is 0 Å². The van der Waals surface area contributed by atoms with Gasteiger partial charge in [0.1, 0.15) is 0 Å². The largest absolute Gasteiger partial charge is 0.747 e. The van der Waals surface area contributed by atoms with Gasteiger partial charge >= 0.3 is 0 Å². The van der Waals surface area contributed by atoms with E-state index in [1.807, 2.05) is 24.3 Å². The van der Waals surface area contributed by atoms with Gasteiger partial charge in [0.2, 0.25) is 0 Å². The number of rotatable bonds is 6. The van der Waals surface area contributed by atoms with Crippen LogP contribution in [0.25, 0.3) is 0 Å². The zero-order chi connectivity index (χ0) is 26.2. The zero-order valence-corrected chi connectivity index (χ0v) is 27.3. The van der Waals surface area contributed by atoms with Crippen LogP contribution in [0.4, 0.5) is 0 Å². The van der Waals surface area contributed by atoms with Crippen molar-refractivity contribution in [3.63, 3.8) is 0 Å². The predicted octanol–water partition coefficient (Wildman–Crippen LogP) is 7.63. The molecule has 0 spiro atoms. The van der Waals surface area contributed by atoms with Crippen molar-refractivity contribution in [1.82, 2.24) is 0 Å². The van der Waals surface area contributed by atoms with Crippen molar-refractivity contribution < 1.29 is 37.5 Å². The number of halogens is 2. The molecule has 0 amide bonds. The first-order valence-corrected chi connectivity index (χ1v) is 15.8. The summed E-state index contributed by atoms with van der Waals surface area (Å²) in [6.07, 6.45) is 0. The van der Waals surface area contributed by atoms with Crippen LogP contribution in [0.1, 0.15) is 0 Å². The van der Waals surface area contributed by atoms with Gasteiger partial charge in [0.25, 0.3) is 0 Å². The van der Waals surface area contributed by atoms with Crippen LogP contribution in [0.2, 0.25) is 10.0 Å². The van der Waals surface area contributed by atoms with Gasteiger partial charge in [-0.15, -0.1) is 16.9 Å². The average Bonchev–Trinajstić information content (AvgIpc) is 3.63. The minimum atomic E-state index is -0.662. The molecule has 6 aromatic carbocycles. The Balaban J connectivity index is 0.000000211. The summed E-state index contributed by atoms with van der Waals surface area (Å²) >= 11 is 12.5. The zero-order valence-electron chi connectivity index (χ0n) is 21.3. The Morgan fingerprint density at radius 1 is 0.550 bits per heavy atom. The molecule has 40 heavy (non-hydrogen) atoms. The average molecular weight is 730 g/mol. The Bertz CT molecular complexity index is 1450. The van der Waals surface area contributed by atoms with Gasteiger partial charge < -0.3 is 29.6 Å². The fourth-order valence-corrected chi connectivity index (χ4v) is 9.54. The van der Waals surface area contributed by atoms with Crippen LogP contribution >= 0.6 is 39.0 Å². The maximum absolute atomic E-state index is 6.39. The third-order valence-corrected chi connectivity index (χ3v) is 11.9. The molecule has 0 fully saturated rings. The smallest absolute Gasteiger partial charge is 0 e. The van der Waals surface area contributed by atoms with Crippen LogP contribution < -0.4 is 31.8 Å². The molecule has 0 aliphatic rings. The van der Waals surface area contributed by atoms with E-state index in [-0.39, 0.29) is 37.5 Å².